The van der Waals surface area contributed by atoms with Crippen molar-refractivity contribution in [1.29, 1.82) is 0 Å². The zero-order chi connectivity index (χ0) is 13.0. The van der Waals surface area contributed by atoms with E-state index in [0.29, 0.717) is 11.7 Å². The Bertz CT molecular complexity index is 539. The van der Waals surface area contributed by atoms with E-state index in [9.17, 15) is 9.90 Å². The van der Waals surface area contributed by atoms with Gasteiger partial charge in [0.25, 0.3) is 0 Å². The van der Waals surface area contributed by atoms with Gasteiger partial charge in [-0.05, 0) is 30.7 Å². The molecule has 0 radical (unpaired) electrons. The van der Waals surface area contributed by atoms with Crippen LogP contribution in [0.4, 0.5) is 0 Å². The van der Waals surface area contributed by atoms with Crippen molar-refractivity contribution in [1.82, 2.24) is 0 Å². The highest BCUT2D eigenvalue weighted by Gasteiger charge is 2.67. The summed E-state index contributed by atoms with van der Waals surface area (Å²) in [6.45, 7) is 0. The van der Waals surface area contributed by atoms with E-state index < -0.39 is 5.60 Å². The molecule has 1 heterocycles. The van der Waals surface area contributed by atoms with Gasteiger partial charge in [0.15, 0.2) is 0 Å². The lowest BCUT2D eigenvalue weighted by atomic mass is 9.49. The minimum absolute atomic E-state index is 0.231. The molecule has 1 aromatic carbocycles. The van der Waals surface area contributed by atoms with Gasteiger partial charge in [-0.2, -0.15) is 0 Å². The second-order valence-corrected chi connectivity index (χ2v) is 6.13. The molecule has 3 aliphatic rings. The Morgan fingerprint density at radius 3 is 2.84 bits per heavy atom. The number of carbonyl (C=O) groups is 1. The fourth-order valence-corrected chi connectivity index (χ4v) is 4.50. The maximum Gasteiger partial charge on any atom is 0.317 e. The van der Waals surface area contributed by atoms with Gasteiger partial charge in [0.05, 0.1) is 5.92 Å². The Kier molecular flexibility index (Phi) is 2.31. The lowest BCUT2D eigenvalue weighted by Gasteiger charge is -2.59. The van der Waals surface area contributed by atoms with Crippen LogP contribution in [0.5, 0.6) is 5.75 Å². The molecule has 3 heteroatoms. The Labute approximate surface area is 112 Å². The van der Waals surface area contributed by atoms with E-state index in [0.717, 1.165) is 24.8 Å². The van der Waals surface area contributed by atoms with Crippen LogP contribution in [-0.4, -0.2) is 11.1 Å². The van der Waals surface area contributed by atoms with E-state index in [2.05, 4.69) is 0 Å². The predicted molar refractivity (Wildman–Crippen MR) is 69.5 cm³/mol. The highest BCUT2D eigenvalue weighted by Crippen LogP contribution is 2.63. The number of aliphatic hydroxyl groups is 1. The van der Waals surface area contributed by atoms with Gasteiger partial charge in [-0.1, -0.05) is 37.5 Å². The third-order valence-corrected chi connectivity index (χ3v) is 5.32. The van der Waals surface area contributed by atoms with Crippen molar-refractivity contribution in [3.05, 3.63) is 29.8 Å². The number of ether oxygens (including phenoxy) is 1. The summed E-state index contributed by atoms with van der Waals surface area (Å²) in [6.07, 6.45) is 5.62. The smallest absolute Gasteiger partial charge is 0.317 e. The SMILES string of the molecule is O=C1Oc2ccccc2[C@]2(O)[C@@H]3CCCCC[C@@H]3[C@H]12. The first-order chi connectivity index (χ1) is 9.23. The molecule has 2 saturated carbocycles. The molecule has 0 bridgehead atoms. The lowest BCUT2D eigenvalue weighted by molar-refractivity contribution is -0.226. The fraction of sp³-hybridized carbons (Fsp3) is 0.562. The summed E-state index contributed by atoms with van der Waals surface area (Å²) in [5.41, 5.74) is -0.149. The molecule has 1 aliphatic heterocycles. The number of hydrogen-bond donors (Lipinski definition) is 1. The van der Waals surface area contributed by atoms with Crippen LogP contribution in [0.1, 0.15) is 37.7 Å². The van der Waals surface area contributed by atoms with Crippen LogP contribution >= 0.6 is 0 Å². The largest absolute Gasteiger partial charge is 0.426 e. The van der Waals surface area contributed by atoms with E-state index in [1.54, 1.807) is 6.07 Å². The Balaban J connectivity index is 1.83. The summed E-state index contributed by atoms with van der Waals surface area (Å²) in [6, 6.07) is 7.46. The number of para-hydroxylation sites is 1. The molecule has 2 fully saturated rings. The highest BCUT2D eigenvalue weighted by molar-refractivity contribution is 5.82. The van der Waals surface area contributed by atoms with Gasteiger partial charge in [-0.25, -0.2) is 0 Å². The maximum atomic E-state index is 12.2. The minimum Gasteiger partial charge on any atom is -0.426 e. The van der Waals surface area contributed by atoms with E-state index >= 15 is 0 Å². The fourth-order valence-electron chi connectivity index (χ4n) is 4.50. The third-order valence-electron chi connectivity index (χ3n) is 5.32. The van der Waals surface area contributed by atoms with Crippen LogP contribution in [0.25, 0.3) is 0 Å². The molecule has 4 atom stereocenters. The highest BCUT2D eigenvalue weighted by atomic mass is 16.5. The molecular formula is C16H18O3. The van der Waals surface area contributed by atoms with Crippen molar-refractivity contribution in [2.75, 3.05) is 0 Å². The van der Waals surface area contributed by atoms with Gasteiger partial charge < -0.3 is 9.84 Å². The average Bonchev–Trinajstić information content (AvgIpc) is 2.61. The van der Waals surface area contributed by atoms with Crippen molar-refractivity contribution < 1.29 is 14.6 Å². The molecule has 1 N–H and O–H groups in total. The van der Waals surface area contributed by atoms with E-state index in [1.807, 2.05) is 18.2 Å². The summed E-state index contributed by atoms with van der Waals surface area (Å²) >= 11 is 0. The number of carbonyl (C=O) groups excluding carboxylic acids is 1. The minimum atomic E-state index is -0.971. The molecule has 3 nitrogen and oxygen atoms in total. The summed E-state index contributed by atoms with van der Waals surface area (Å²) in [7, 11) is 0. The third kappa shape index (κ3) is 1.34. The van der Waals surface area contributed by atoms with E-state index in [-0.39, 0.29) is 17.8 Å². The van der Waals surface area contributed by atoms with E-state index in [4.69, 9.17) is 4.74 Å². The van der Waals surface area contributed by atoms with Crippen molar-refractivity contribution in [2.24, 2.45) is 17.8 Å². The van der Waals surface area contributed by atoms with Gasteiger partial charge in [-0.15, -0.1) is 0 Å². The monoisotopic (exact) mass is 258 g/mol. The molecule has 0 aromatic heterocycles. The molecule has 2 aliphatic carbocycles. The summed E-state index contributed by atoms with van der Waals surface area (Å²) in [4.78, 5) is 12.2. The summed E-state index contributed by atoms with van der Waals surface area (Å²) < 4.78 is 5.42. The van der Waals surface area contributed by atoms with Crippen molar-refractivity contribution in [2.45, 2.75) is 37.7 Å². The number of rotatable bonds is 0. The topological polar surface area (TPSA) is 46.5 Å². The van der Waals surface area contributed by atoms with Gasteiger partial charge in [0.1, 0.15) is 11.4 Å². The average molecular weight is 258 g/mol. The normalized spacial score (nSPS) is 40.1. The van der Waals surface area contributed by atoms with Crippen molar-refractivity contribution in [3.63, 3.8) is 0 Å². The Morgan fingerprint density at radius 1 is 1.16 bits per heavy atom. The molecule has 0 unspecified atom stereocenters. The molecule has 0 saturated heterocycles. The Morgan fingerprint density at radius 2 is 1.95 bits per heavy atom. The maximum absolute atomic E-state index is 12.2. The molecule has 0 spiro atoms. The summed E-state index contributed by atoms with van der Waals surface area (Å²) in [5, 5.41) is 11.2. The first-order valence-corrected chi connectivity index (χ1v) is 7.26. The molecule has 1 aromatic rings. The van der Waals surface area contributed by atoms with Crippen LogP contribution in [0.3, 0.4) is 0 Å². The lowest BCUT2D eigenvalue weighted by Crippen LogP contribution is -2.65. The van der Waals surface area contributed by atoms with Gasteiger partial charge >= 0.3 is 5.97 Å². The quantitative estimate of drug-likeness (QED) is 0.575. The molecule has 100 valence electrons. The second kappa shape index (κ2) is 3.83. The van der Waals surface area contributed by atoms with Crippen LogP contribution in [-0.2, 0) is 10.4 Å². The van der Waals surface area contributed by atoms with Crippen LogP contribution in [0.2, 0.25) is 0 Å². The van der Waals surface area contributed by atoms with Gasteiger partial charge in [0.2, 0.25) is 0 Å². The molecular weight excluding hydrogens is 240 g/mol. The van der Waals surface area contributed by atoms with Crippen LogP contribution < -0.4 is 4.74 Å². The number of hydrogen-bond acceptors (Lipinski definition) is 3. The molecule has 4 rings (SSSR count). The van der Waals surface area contributed by atoms with Gasteiger partial charge in [0, 0.05) is 5.56 Å². The predicted octanol–water partition coefficient (Wildman–Crippen LogP) is 2.62. The number of esters is 1. The molecule has 19 heavy (non-hydrogen) atoms. The van der Waals surface area contributed by atoms with Crippen LogP contribution in [0.15, 0.2) is 24.3 Å². The first kappa shape index (κ1) is 11.5. The first-order valence-electron chi connectivity index (χ1n) is 7.26. The van der Waals surface area contributed by atoms with Crippen molar-refractivity contribution >= 4 is 5.97 Å². The number of benzene rings is 1. The van der Waals surface area contributed by atoms with E-state index in [1.165, 1.54) is 12.8 Å². The standard InChI is InChI=1S/C16H18O3/c17-15-14-10-6-2-1-3-7-11(10)16(14,18)12-8-4-5-9-13(12)19-15/h4-5,8-11,14,18H,1-3,6-7H2/t10-,11+,14+,16+/m0/s1. The van der Waals surface area contributed by atoms with Gasteiger partial charge in [-0.3, -0.25) is 4.79 Å². The second-order valence-electron chi connectivity index (χ2n) is 6.13. The number of fused-ring (bicyclic) bond motifs is 6. The van der Waals surface area contributed by atoms with Crippen LogP contribution in [0, 0.1) is 17.8 Å². The zero-order valence-electron chi connectivity index (χ0n) is 10.8. The Hall–Kier alpha value is -1.35. The van der Waals surface area contributed by atoms with Crippen molar-refractivity contribution in [3.8, 4) is 5.75 Å². The molecule has 0 amide bonds. The summed E-state index contributed by atoms with van der Waals surface area (Å²) in [5.74, 6) is 0.520. The zero-order valence-corrected chi connectivity index (χ0v) is 10.8.